The van der Waals surface area contributed by atoms with Crippen LogP contribution in [0, 0.1) is 5.41 Å². The standard InChI is InChI=1S/C24H33NO2/c1-3-5-13-24(14-6-4-2)15-10-20-21(23(24)26)8-7-9-22(20)27-18-19-11-16-25-17-12-19/h7-9,11-12,16-17,23,26H,3-6,10,13-15,18H2,1-2H3. The van der Waals surface area contributed by atoms with Crippen molar-refractivity contribution in [1.29, 1.82) is 0 Å². The third-order valence-electron chi connectivity index (χ3n) is 6.12. The van der Waals surface area contributed by atoms with E-state index in [4.69, 9.17) is 4.74 Å². The highest BCUT2D eigenvalue weighted by atomic mass is 16.5. The first-order valence-electron chi connectivity index (χ1n) is 10.5. The Morgan fingerprint density at radius 1 is 1.07 bits per heavy atom. The fraction of sp³-hybridized carbons (Fsp3) is 0.542. The van der Waals surface area contributed by atoms with E-state index < -0.39 is 0 Å². The highest BCUT2D eigenvalue weighted by Gasteiger charge is 2.42. The number of nitrogens with zero attached hydrogens (tertiary/aromatic N) is 1. The lowest BCUT2D eigenvalue weighted by molar-refractivity contribution is -0.0103. The molecule has 1 atom stereocenters. The van der Waals surface area contributed by atoms with E-state index in [1.54, 1.807) is 12.4 Å². The van der Waals surface area contributed by atoms with Crippen molar-refractivity contribution in [2.45, 2.75) is 77.9 Å². The van der Waals surface area contributed by atoms with E-state index in [9.17, 15) is 5.11 Å². The van der Waals surface area contributed by atoms with Crippen LogP contribution in [0.3, 0.4) is 0 Å². The lowest BCUT2D eigenvalue weighted by Gasteiger charge is -2.43. The zero-order valence-electron chi connectivity index (χ0n) is 16.8. The minimum atomic E-state index is -0.385. The summed E-state index contributed by atoms with van der Waals surface area (Å²) in [6, 6.07) is 10.1. The van der Waals surface area contributed by atoms with Gasteiger partial charge in [0.2, 0.25) is 0 Å². The molecule has 0 spiro atoms. The molecule has 0 saturated carbocycles. The summed E-state index contributed by atoms with van der Waals surface area (Å²) >= 11 is 0. The van der Waals surface area contributed by atoms with Gasteiger partial charge in [0.25, 0.3) is 0 Å². The van der Waals surface area contributed by atoms with E-state index in [1.165, 1.54) is 31.2 Å². The number of aromatic nitrogens is 1. The van der Waals surface area contributed by atoms with Crippen LogP contribution in [0.25, 0.3) is 0 Å². The number of aliphatic hydroxyl groups excluding tert-OH is 1. The molecule has 27 heavy (non-hydrogen) atoms. The van der Waals surface area contributed by atoms with E-state index in [0.29, 0.717) is 6.61 Å². The molecule has 0 fully saturated rings. The van der Waals surface area contributed by atoms with Crippen LogP contribution in [0.5, 0.6) is 5.75 Å². The molecule has 3 heteroatoms. The van der Waals surface area contributed by atoms with Crippen LogP contribution >= 0.6 is 0 Å². The van der Waals surface area contributed by atoms with Crippen LogP contribution in [-0.2, 0) is 13.0 Å². The van der Waals surface area contributed by atoms with Gasteiger partial charge in [-0.1, -0.05) is 51.7 Å². The summed E-state index contributed by atoms with van der Waals surface area (Å²) < 4.78 is 6.13. The summed E-state index contributed by atoms with van der Waals surface area (Å²) in [5.41, 5.74) is 3.42. The molecule has 3 nitrogen and oxygen atoms in total. The Balaban J connectivity index is 1.81. The third-order valence-corrected chi connectivity index (χ3v) is 6.12. The minimum Gasteiger partial charge on any atom is -0.489 e. The molecule has 1 unspecified atom stereocenters. The Hall–Kier alpha value is -1.87. The Kier molecular flexibility index (Phi) is 6.89. The fourth-order valence-electron chi connectivity index (χ4n) is 4.43. The van der Waals surface area contributed by atoms with Crippen molar-refractivity contribution in [2.24, 2.45) is 5.41 Å². The van der Waals surface area contributed by atoms with Crippen LogP contribution in [0.4, 0.5) is 0 Å². The van der Waals surface area contributed by atoms with Crippen molar-refractivity contribution in [3.8, 4) is 5.75 Å². The van der Waals surface area contributed by atoms with Gasteiger partial charge in [0, 0.05) is 17.8 Å². The maximum Gasteiger partial charge on any atom is 0.123 e. The maximum absolute atomic E-state index is 11.4. The molecule has 1 aromatic heterocycles. The number of rotatable bonds is 9. The van der Waals surface area contributed by atoms with Crippen LogP contribution in [-0.4, -0.2) is 10.1 Å². The number of unbranched alkanes of at least 4 members (excludes halogenated alkanes) is 2. The Bertz CT molecular complexity index is 706. The van der Waals surface area contributed by atoms with Gasteiger partial charge in [0.15, 0.2) is 0 Å². The number of ether oxygens (including phenoxy) is 1. The summed E-state index contributed by atoms with van der Waals surface area (Å²) in [4.78, 5) is 4.06. The molecule has 1 N–H and O–H groups in total. The first kappa shape index (κ1) is 19.9. The minimum absolute atomic E-state index is 0.0305. The molecule has 0 radical (unpaired) electrons. The zero-order valence-corrected chi connectivity index (χ0v) is 16.8. The molecule has 146 valence electrons. The Labute approximate surface area is 163 Å². The molecule has 1 heterocycles. The van der Waals surface area contributed by atoms with Crippen molar-refractivity contribution in [3.63, 3.8) is 0 Å². The van der Waals surface area contributed by atoms with Gasteiger partial charge in [0.05, 0.1) is 6.10 Å². The predicted molar refractivity (Wildman–Crippen MR) is 110 cm³/mol. The average Bonchev–Trinajstić information content (AvgIpc) is 2.72. The van der Waals surface area contributed by atoms with E-state index in [1.807, 2.05) is 24.3 Å². The number of benzene rings is 1. The number of hydrogen-bond acceptors (Lipinski definition) is 3. The molecule has 1 aliphatic carbocycles. The van der Waals surface area contributed by atoms with Gasteiger partial charge in [-0.15, -0.1) is 0 Å². The van der Waals surface area contributed by atoms with E-state index in [2.05, 4.69) is 24.9 Å². The summed E-state index contributed by atoms with van der Waals surface area (Å²) in [7, 11) is 0. The van der Waals surface area contributed by atoms with Gasteiger partial charge < -0.3 is 9.84 Å². The van der Waals surface area contributed by atoms with Gasteiger partial charge in [0.1, 0.15) is 12.4 Å². The van der Waals surface area contributed by atoms with Crippen molar-refractivity contribution in [1.82, 2.24) is 4.98 Å². The van der Waals surface area contributed by atoms with Crippen LogP contribution in [0.1, 0.15) is 81.6 Å². The first-order chi connectivity index (χ1) is 13.2. The summed E-state index contributed by atoms with van der Waals surface area (Å²) in [5, 5.41) is 11.4. The SMILES string of the molecule is CCCCC1(CCCC)CCc2c(OCc3ccncc3)cccc2C1O. The molecule has 0 saturated heterocycles. The van der Waals surface area contributed by atoms with Gasteiger partial charge in [-0.05, 0) is 60.6 Å². The van der Waals surface area contributed by atoms with Crippen molar-refractivity contribution < 1.29 is 9.84 Å². The molecule has 0 aliphatic heterocycles. The van der Waals surface area contributed by atoms with E-state index in [0.717, 1.165) is 42.6 Å². The lowest BCUT2D eigenvalue weighted by atomic mass is 9.64. The fourth-order valence-corrected chi connectivity index (χ4v) is 4.43. The molecule has 2 aromatic rings. The third kappa shape index (κ3) is 4.52. The lowest BCUT2D eigenvalue weighted by Crippen LogP contribution is -2.34. The largest absolute Gasteiger partial charge is 0.489 e. The van der Waals surface area contributed by atoms with Gasteiger partial charge in [-0.3, -0.25) is 4.98 Å². The van der Waals surface area contributed by atoms with Crippen molar-refractivity contribution in [3.05, 3.63) is 59.4 Å². The highest BCUT2D eigenvalue weighted by molar-refractivity contribution is 5.44. The topological polar surface area (TPSA) is 42.4 Å². The second-order valence-electron chi connectivity index (χ2n) is 7.94. The molecule has 0 bridgehead atoms. The number of pyridine rings is 1. The monoisotopic (exact) mass is 367 g/mol. The molecular formula is C24H33NO2. The molecule has 1 aliphatic rings. The number of hydrogen-bond donors (Lipinski definition) is 1. The Morgan fingerprint density at radius 3 is 2.44 bits per heavy atom. The highest BCUT2D eigenvalue weighted by Crippen LogP contribution is 2.52. The smallest absolute Gasteiger partial charge is 0.123 e. The Morgan fingerprint density at radius 2 is 1.78 bits per heavy atom. The second-order valence-corrected chi connectivity index (χ2v) is 7.94. The predicted octanol–water partition coefficient (Wildman–Crippen LogP) is 6.01. The number of fused-ring (bicyclic) bond motifs is 1. The summed E-state index contributed by atoms with van der Waals surface area (Å²) in [6.07, 6.45) is 12.2. The molecular weight excluding hydrogens is 334 g/mol. The summed E-state index contributed by atoms with van der Waals surface area (Å²) in [6.45, 7) is 5.01. The average molecular weight is 368 g/mol. The molecule has 3 rings (SSSR count). The normalized spacial score (nSPS) is 18.1. The molecule has 1 aromatic carbocycles. The quantitative estimate of drug-likeness (QED) is 0.590. The van der Waals surface area contributed by atoms with Crippen LogP contribution < -0.4 is 4.74 Å². The van der Waals surface area contributed by atoms with Crippen LogP contribution in [0.15, 0.2) is 42.7 Å². The van der Waals surface area contributed by atoms with E-state index >= 15 is 0 Å². The van der Waals surface area contributed by atoms with Gasteiger partial charge in [-0.25, -0.2) is 0 Å². The second kappa shape index (κ2) is 9.36. The number of aliphatic hydroxyl groups is 1. The van der Waals surface area contributed by atoms with E-state index in [-0.39, 0.29) is 11.5 Å². The van der Waals surface area contributed by atoms with Gasteiger partial charge >= 0.3 is 0 Å². The molecule has 0 amide bonds. The first-order valence-corrected chi connectivity index (χ1v) is 10.5. The zero-order chi connectivity index (χ0) is 19.1. The van der Waals surface area contributed by atoms with Crippen LogP contribution in [0.2, 0.25) is 0 Å². The maximum atomic E-state index is 11.4. The summed E-state index contributed by atoms with van der Waals surface area (Å²) in [5.74, 6) is 0.919. The van der Waals surface area contributed by atoms with Gasteiger partial charge in [-0.2, -0.15) is 0 Å². The van der Waals surface area contributed by atoms with Crippen molar-refractivity contribution in [2.75, 3.05) is 0 Å². The van der Waals surface area contributed by atoms with Crippen molar-refractivity contribution >= 4 is 0 Å².